The molecule has 0 N–H and O–H groups in total. The topological polar surface area (TPSA) is 84.7 Å². The van der Waals surface area contributed by atoms with E-state index in [-0.39, 0.29) is 30.3 Å². The molecule has 1 aliphatic rings. The Hall–Kier alpha value is -3.91. The lowest BCUT2D eigenvalue weighted by atomic mass is 10.1. The van der Waals surface area contributed by atoms with Crippen LogP contribution < -0.4 is 0 Å². The molecular weight excluding hydrogens is 552 g/mol. The fourth-order valence-corrected chi connectivity index (χ4v) is 4.99. The van der Waals surface area contributed by atoms with Crippen LogP contribution in [0.1, 0.15) is 85.4 Å². The maximum absolute atomic E-state index is 13.7. The summed E-state index contributed by atoms with van der Waals surface area (Å²) in [5.74, 6) is 0.265. The molecule has 0 radical (unpaired) electrons. The lowest BCUT2D eigenvalue weighted by molar-refractivity contribution is -0.123. The number of carbonyl (C=O) groups is 3. The molecule has 4 rings (SSSR count). The molecule has 0 bridgehead atoms. The van der Waals surface area contributed by atoms with Gasteiger partial charge in [0.2, 0.25) is 0 Å². The summed E-state index contributed by atoms with van der Waals surface area (Å²) in [7, 11) is 1.37. The molecule has 3 aromatic rings. The summed E-state index contributed by atoms with van der Waals surface area (Å²) in [4.78, 5) is 46.8. The van der Waals surface area contributed by atoms with Gasteiger partial charge in [0, 0.05) is 19.5 Å². The Morgan fingerprint density at radius 3 is 2.21 bits per heavy atom. The third kappa shape index (κ3) is 7.88. The molecule has 9 heteroatoms. The predicted molar refractivity (Wildman–Crippen MR) is 166 cm³/mol. The minimum atomic E-state index is -0.379. The van der Waals surface area contributed by atoms with E-state index in [0.717, 1.165) is 67.6 Å². The van der Waals surface area contributed by atoms with Gasteiger partial charge in [0.25, 0.3) is 5.91 Å². The number of nitrogens with zero attached hydrogens (tertiary/aromatic N) is 4. The first-order valence-electron chi connectivity index (χ1n) is 14.6. The van der Waals surface area contributed by atoms with Gasteiger partial charge in [-0.1, -0.05) is 82.0 Å². The van der Waals surface area contributed by atoms with Crippen LogP contribution in [-0.4, -0.2) is 50.9 Å². The van der Waals surface area contributed by atoms with Crippen molar-refractivity contribution < 1.29 is 19.1 Å². The van der Waals surface area contributed by atoms with Gasteiger partial charge in [-0.05, 0) is 42.2 Å². The van der Waals surface area contributed by atoms with Crippen LogP contribution in [0.5, 0.6) is 0 Å². The molecule has 2 aromatic carbocycles. The number of rotatable bonds is 14. The number of halogens is 1. The van der Waals surface area contributed by atoms with Gasteiger partial charge in [-0.25, -0.2) is 14.6 Å². The van der Waals surface area contributed by atoms with E-state index in [4.69, 9.17) is 9.72 Å². The molecule has 2 heterocycles. The lowest BCUT2D eigenvalue weighted by Gasteiger charge is -2.18. The van der Waals surface area contributed by atoms with E-state index < -0.39 is 0 Å². The van der Waals surface area contributed by atoms with Gasteiger partial charge in [-0.3, -0.25) is 14.6 Å². The number of imide groups is 1. The average molecular weight is 593 g/mol. The molecule has 3 amide bonds. The Kier molecular flexibility index (Phi) is 12.4. The minimum absolute atomic E-state index is 0. The molecule has 8 nitrogen and oxygen atoms in total. The minimum Gasteiger partial charge on any atom is -0.465 e. The number of imidazole rings is 1. The first-order valence-corrected chi connectivity index (χ1v) is 14.6. The first-order chi connectivity index (χ1) is 20.0. The maximum atomic E-state index is 13.7. The number of carbonyl (C=O) groups excluding carboxylic acids is 3. The Bertz CT molecular complexity index is 1370. The molecule has 0 unspecified atom stereocenters. The van der Waals surface area contributed by atoms with Crippen molar-refractivity contribution in [3.05, 3.63) is 94.7 Å². The SMILES string of the molecule is CCCCCCN1C(=O)/C(=C/c2cnc(CCCC)n2Cc2ccc(C(=O)OC)cc2)N(Cc2ccccc2)C1=O.Cl. The van der Waals surface area contributed by atoms with Crippen molar-refractivity contribution in [2.45, 2.75) is 71.9 Å². The highest BCUT2D eigenvalue weighted by molar-refractivity contribution is 6.13. The Morgan fingerprint density at radius 1 is 0.857 bits per heavy atom. The highest BCUT2D eigenvalue weighted by atomic mass is 35.5. The van der Waals surface area contributed by atoms with Gasteiger partial charge < -0.3 is 9.30 Å². The third-order valence-corrected chi connectivity index (χ3v) is 7.36. The zero-order valence-electron chi connectivity index (χ0n) is 24.8. The van der Waals surface area contributed by atoms with Crippen molar-refractivity contribution in [2.24, 2.45) is 0 Å². The number of amides is 3. The van der Waals surface area contributed by atoms with Crippen molar-refractivity contribution in [1.29, 1.82) is 0 Å². The van der Waals surface area contributed by atoms with E-state index in [9.17, 15) is 14.4 Å². The zero-order chi connectivity index (χ0) is 29.2. The molecule has 0 spiro atoms. The fraction of sp³-hybridized carbons (Fsp3) is 0.394. The second-order valence-electron chi connectivity index (χ2n) is 10.4. The Labute approximate surface area is 254 Å². The van der Waals surface area contributed by atoms with E-state index in [1.807, 2.05) is 42.5 Å². The number of hydrogen-bond acceptors (Lipinski definition) is 5. The summed E-state index contributed by atoms with van der Waals surface area (Å²) in [5.41, 5.74) is 3.55. The van der Waals surface area contributed by atoms with E-state index in [2.05, 4.69) is 18.4 Å². The zero-order valence-corrected chi connectivity index (χ0v) is 25.6. The molecule has 1 aliphatic heterocycles. The van der Waals surface area contributed by atoms with Crippen molar-refractivity contribution >= 4 is 36.4 Å². The predicted octanol–water partition coefficient (Wildman–Crippen LogP) is 6.87. The third-order valence-electron chi connectivity index (χ3n) is 7.36. The second kappa shape index (κ2) is 15.9. The molecule has 224 valence electrons. The average Bonchev–Trinajstić information content (AvgIpc) is 3.47. The van der Waals surface area contributed by atoms with Crippen molar-refractivity contribution in [3.63, 3.8) is 0 Å². The van der Waals surface area contributed by atoms with Crippen LogP contribution >= 0.6 is 12.4 Å². The number of benzene rings is 2. The molecule has 1 saturated heterocycles. The molecule has 0 aliphatic carbocycles. The molecular formula is C33H41ClN4O4. The highest BCUT2D eigenvalue weighted by Crippen LogP contribution is 2.27. The summed E-state index contributed by atoms with van der Waals surface area (Å²) in [5, 5.41) is 0. The smallest absolute Gasteiger partial charge is 0.337 e. The molecule has 1 aromatic heterocycles. The van der Waals surface area contributed by atoms with Gasteiger partial charge in [-0.15, -0.1) is 12.4 Å². The van der Waals surface area contributed by atoms with Crippen molar-refractivity contribution in [3.8, 4) is 0 Å². The largest absolute Gasteiger partial charge is 0.465 e. The number of hydrogen-bond donors (Lipinski definition) is 0. The van der Waals surface area contributed by atoms with Gasteiger partial charge in [0.05, 0.1) is 31.1 Å². The lowest BCUT2D eigenvalue weighted by Crippen LogP contribution is -2.33. The molecule has 0 saturated carbocycles. The van der Waals surface area contributed by atoms with Crippen LogP contribution in [0.15, 0.2) is 66.5 Å². The van der Waals surface area contributed by atoms with E-state index in [1.54, 1.807) is 29.3 Å². The number of unbranched alkanes of at least 4 members (excludes halogenated alkanes) is 4. The van der Waals surface area contributed by atoms with Crippen LogP contribution in [0, 0.1) is 0 Å². The molecule has 42 heavy (non-hydrogen) atoms. The summed E-state index contributed by atoms with van der Waals surface area (Å²) in [6, 6.07) is 16.7. The molecule has 0 atom stereocenters. The maximum Gasteiger partial charge on any atom is 0.337 e. The Balaban J connectivity index is 0.00000484. The van der Waals surface area contributed by atoms with Crippen LogP contribution in [-0.2, 0) is 29.0 Å². The summed E-state index contributed by atoms with van der Waals surface area (Å²) in [6.45, 7) is 5.52. The number of aromatic nitrogens is 2. The van der Waals surface area contributed by atoms with Crippen LogP contribution in [0.2, 0.25) is 0 Å². The van der Waals surface area contributed by atoms with E-state index in [0.29, 0.717) is 30.9 Å². The summed E-state index contributed by atoms with van der Waals surface area (Å²) < 4.78 is 6.92. The number of aryl methyl sites for hydroxylation is 1. The quantitative estimate of drug-likeness (QED) is 0.0883. The monoisotopic (exact) mass is 592 g/mol. The number of urea groups is 1. The van der Waals surface area contributed by atoms with Crippen LogP contribution in [0.25, 0.3) is 6.08 Å². The Morgan fingerprint density at radius 2 is 1.55 bits per heavy atom. The van der Waals surface area contributed by atoms with E-state index >= 15 is 0 Å². The van der Waals surface area contributed by atoms with Gasteiger partial charge in [0.15, 0.2) is 0 Å². The first kappa shape index (κ1) is 32.6. The number of esters is 1. The summed E-state index contributed by atoms with van der Waals surface area (Å²) in [6.07, 6.45) is 10.3. The fourth-order valence-electron chi connectivity index (χ4n) is 4.99. The summed E-state index contributed by atoms with van der Waals surface area (Å²) >= 11 is 0. The highest BCUT2D eigenvalue weighted by Gasteiger charge is 2.40. The standard InChI is InChI=1S/C33H40N4O4.ClH/c1-4-6-8-12-20-35-31(38)29(37(33(35)40)24-25-13-10-9-11-14-25)21-28-22-34-30(15-7-5-2)36(28)23-26-16-18-27(19-17-26)32(39)41-3;/h9-11,13-14,16-19,21-22H,4-8,12,15,20,23-24H2,1-3H3;1H/b29-21-;. The van der Waals surface area contributed by atoms with E-state index in [1.165, 1.54) is 12.0 Å². The van der Waals surface area contributed by atoms with Crippen molar-refractivity contribution in [1.82, 2.24) is 19.4 Å². The number of ether oxygens (including phenoxy) is 1. The van der Waals surface area contributed by atoms with Gasteiger partial charge >= 0.3 is 12.0 Å². The normalized spacial score (nSPS) is 14.0. The second-order valence-corrected chi connectivity index (χ2v) is 10.4. The van der Waals surface area contributed by atoms with Gasteiger partial charge in [0.1, 0.15) is 11.5 Å². The van der Waals surface area contributed by atoms with Crippen molar-refractivity contribution in [2.75, 3.05) is 13.7 Å². The van der Waals surface area contributed by atoms with Gasteiger partial charge in [-0.2, -0.15) is 0 Å². The number of methoxy groups -OCH3 is 1. The molecule has 1 fully saturated rings. The van der Waals surface area contributed by atoms with Crippen LogP contribution in [0.4, 0.5) is 4.79 Å². The van der Waals surface area contributed by atoms with Crippen LogP contribution in [0.3, 0.4) is 0 Å².